The zero-order valence-electron chi connectivity index (χ0n) is 10.6. The molecule has 20 heavy (non-hydrogen) atoms. The summed E-state index contributed by atoms with van der Waals surface area (Å²) in [5, 5.41) is 3.32. The Morgan fingerprint density at radius 2 is 2.15 bits per heavy atom. The SMILES string of the molecule is O=CN[C@@H]1CCCc2c1[nH]c1ccc(C(F)(F)F)cc21. The van der Waals surface area contributed by atoms with Crippen molar-refractivity contribution < 1.29 is 18.0 Å². The lowest BCUT2D eigenvalue weighted by Gasteiger charge is -2.21. The van der Waals surface area contributed by atoms with Crippen LogP contribution in [0.5, 0.6) is 0 Å². The number of aryl methyl sites for hydroxylation is 1. The lowest BCUT2D eigenvalue weighted by atomic mass is 9.91. The maximum absolute atomic E-state index is 12.8. The van der Waals surface area contributed by atoms with Gasteiger partial charge in [0.05, 0.1) is 11.6 Å². The van der Waals surface area contributed by atoms with Gasteiger partial charge in [-0.05, 0) is 43.0 Å². The highest BCUT2D eigenvalue weighted by molar-refractivity contribution is 5.86. The van der Waals surface area contributed by atoms with Crippen molar-refractivity contribution in [2.24, 2.45) is 0 Å². The molecule has 1 heterocycles. The normalized spacial score (nSPS) is 18.9. The lowest BCUT2D eigenvalue weighted by Crippen LogP contribution is -2.23. The summed E-state index contributed by atoms with van der Waals surface area (Å²) in [4.78, 5) is 13.8. The van der Waals surface area contributed by atoms with Crippen LogP contribution in [0.4, 0.5) is 13.2 Å². The van der Waals surface area contributed by atoms with Gasteiger partial charge in [-0.2, -0.15) is 13.2 Å². The van der Waals surface area contributed by atoms with Crippen LogP contribution >= 0.6 is 0 Å². The van der Waals surface area contributed by atoms with E-state index in [0.29, 0.717) is 17.3 Å². The number of rotatable bonds is 2. The first-order valence-electron chi connectivity index (χ1n) is 6.42. The van der Waals surface area contributed by atoms with E-state index in [2.05, 4.69) is 10.3 Å². The molecule has 1 aromatic heterocycles. The molecule has 0 bridgehead atoms. The molecule has 1 atom stereocenters. The minimum Gasteiger partial charge on any atom is -0.356 e. The van der Waals surface area contributed by atoms with Crippen LogP contribution in [0.3, 0.4) is 0 Å². The van der Waals surface area contributed by atoms with Gasteiger partial charge in [0.2, 0.25) is 6.41 Å². The Balaban J connectivity index is 2.14. The van der Waals surface area contributed by atoms with E-state index >= 15 is 0 Å². The van der Waals surface area contributed by atoms with Crippen molar-refractivity contribution in [1.82, 2.24) is 10.3 Å². The van der Waals surface area contributed by atoms with E-state index in [4.69, 9.17) is 0 Å². The Hall–Kier alpha value is -1.98. The van der Waals surface area contributed by atoms with Gasteiger partial charge in [0, 0.05) is 16.6 Å². The summed E-state index contributed by atoms with van der Waals surface area (Å²) in [6, 6.07) is 3.58. The predicted octanol–water partition coefficient (Wildman–Crippen LogP) is 3.31. The molecule has 2 aromatic rings. The van der Waals surface area contributed by atoms with Crippen LogP contribution in [0.25, 0.3) is 10.9 Å². The molecule has 0 aliphatic heterocycles. The van der Waals surface area contributed by atoms with Crippen molar-refractivity contribution in [2.75, 3.05) is 0 Å². The molecule has 1 amide bonds. The Bertz CT molecular complexity index is 660. The second-order valence-electron chi connectivity index (χ2n) is 5.00. The number of H-pyrrole nitrogens is 1. The van der Waals surface area contributed by atoms with Crippen molar-refractivity contribution in [3.05, 3.63) is 35.0 Å². The minimum atomic E-state index is -4.34. The Kier molecular flexibility index (Phi) is 2.96. The van der Waals surface area contributed by atoms with Crippen molar-refractivity contribution in [3.8, 4) is 0 Å². The van der Waals surface area contributed by atoms with Gasteiger partial charge in [-0.1, -0.05) is 0 Å². The fourth-order valence-corrected chi connectivity index (χ4v) is 2.89. The molecule has 0 saturated carbocycles. The smallest absolute Gasteiger partial charge is 0.356 e. The topological polar surface area (TPSA) is 44.9 Å². The van der Waals surface area contributed by atoms with Crippen molar-refractivity contribution in [2.45, 2.75) is 31.5 Å². The fraction of sp³-hybridized carbons (Fsp3) is 0.357. The van der Waals surface area contributed by atoms with Crippen molar-refractivity contribution in [1.29, 1.82) is 0 Å². The molecule has 1 aliphatic rings. The number of carbonyl (C=O) groups excluding carboxylic acids is 1. The van der Waals surface area contributed by atoms with E-state index < -0.39 is 11.7 Å². The molecule has 0 unspecified atom stereocenters. The lowest BCUT2D eigenvalue weighted by molar-refractivity contribution is -0.137. The first kappa shape index (κ1) is 13.0. The minimum absolute atomic E-state index is 0.141. The van der Waals surface area contributed by atoms with Crippen molar-refractivity contribution >= 4 is 17.3 Å². The Morgan fingerprint density at radius 1 is 1.35 bits per heavy atom. The van der Waals surface area contributed by atoms with Gasteiger partial charge in [-0.15, -0.1) is 0 Å². The molecule has 6 heteroatoms. The highest BCUT2D eigenvalue weighted by Crippen LogP contribution is 2.37. The summed E-state index contributed by atoms with van der Waals surface area (Å²) >= 11 is 0. The number of aromatic nitrogens is 1. The maximum Gasteiger partial charge on any atom is 0.416 e. The summed E-state index contributed by atoms with van der Waals surface area (Å²) in [7, 11) is 0. The first-order valence-corrected chi connectivity index (χ1v) is 6.42. The summed E-state index contributed by atoms with van der Waals surface area (Å²) in [5.74, 6) is 0. The number of hydrogen-bond donors (Lipinski definition) is 2. The number of nitrogens with one attached hydrogen (secondary N) is 2. The number of carbonyl (C=O) groups is 1. The molecular weight excluding hydrogens is 269 g/mol. The average Bonchev–Trinajstić information content (AvgIpc) is 2.77. The van der Waals surface area contributed by atoms with Gasteiger partial charge in [0.15, 0.2) is 0 Å². The highest BCUT2D eigenvalue weighted by Gasteiger charge is 2.32. The molecule has 1 aromatic carbocycles. The van der Waals surface area contributed by atoms with Gasteiger partial charge >= 0.3 is 6.18 Å². The number of fused-ring (bicyclic) bond motifs is 3. The van der Waals surface area contributed by atoms with Crippen LogP contribution in [-0.2, 0) is 17.4 Å². The average molecular weight is 282 g/mol. The molecule has 1 aliphatic carbocycles. The van der Waals surface area contributed by atoms with Gasteiger partial charge < -0.3 is 10.3 Å². The number of amides is 1. The number of alkyl halides is 3. The van der Waals surface area contributed by atoms with E-state index in [1.807, 2.05) is 0 Å². The zero-order valence-corrected chi connectivity index (χ0v) is 10.6. The number of benzene rings is 1. The van der Waals surface area contributed by atoms with E-state index in [1.165, 1.54) is 12.1 Å². The zero-order chi connectivity index (χ0) is 14.3. The molecule has 0 fully saturated rings. The van der Waals surface area contributed by atoms with Crippen LogP contribution in [0.15, 0.2) is 18.2 Å². The van der Waals surface area contributed by atoms with Crippen LogP contribution in [0.2, 0.25) is 0 Å². The van der Waals surface area contributed by atoms with E-state index in [0.717, 1.165) is 36.6 Å². The first-order chi connectivity index (χ1) is 9.50. The molecule has 3 rings (SSSR count). The van der Waals surface area contributed by atoms with Crippen LogP contribution in [0, 0.1) is 0 Å². The van der Waals surface area contributed by atoms with Crippen LogP contribution < -0.4 is 5.32 Å². The quantitative estimate of drug-likeness (QED) is 0.815. The Labute approximate surface area is 113 Å². The third kappa shape index (κ3) is 2.05. The standard InChI is InChI=1S/C14H13F3N2O/c15-14(16,17)8-4-5-11-10(6-8)9-2-1-3-12(18-7-20)13(9)19-11/h4-7,12,19H,1-3H2,(H,18,20)/t12-/m1/s1. The maximum atomic E-state index is 12.8. The predicted molar refractivity (Wildman–Crippen MR) is 68.2 cm³/mol. The highest BCUT2D eigenvalue weighted by atomic mass is 19.4. The number of aromatic amines is 1. The van der Waals surface area contributed by atoms with E-state index in [-0.39, 0.29) is 6.04 Å². The van der Waals surface area contributed by atoms with Gasteiger partial charge in [-0.3, -0.25) is 4.79 Å². The molecule has 0 radical (unpaired) electrons. The second kappa shape index (κ2) is 4.54. The fourth-order valence-electron chi connectivity index (χ4n) is 2.89. The monoisotopic (exact) mass is 282 g/mol. The van der Waals surface area contributed by atoms with Crippen molar-refractivity contribution in [3.63, 3.8) is 0 Å². The molecule has 106 valence electrons. The summed E-state index contributed by atoms with van der Waals surface area (Å²) in [6.07, 6.45) is -1.33. The summed E-state index contributed by atoms with van der Waals surface area (Å²) in [5.41, 5.74) is 1.76. The number of halogens is 3. The largest absolute Gasteiger partial charge is 0.416 e. The molecular formula is C14H13F3N2O. The summed E-state index contributed by atoms with van der Waals surface area (Å²) < 4.78 is 38.3. The third-order valence-electron chi connectivity index (χ3n) is 3.80. The van der Waals surface area contributed by atoms with Gasteiger partial charge in [-0.25, -0.2) is 0 Å². The van der Waals surface area contributed by atoms with Crippen LogP contribution in [0.1, 0.15) is 35.7 Å². The molecule has 0 saturated heterocycles. The number of hydrogen-bond acceptors (Lipinski definition) is 1. The third-order valence-corrected chi connectivity index (χ3v) is 3.80. The molecule has 2 N–H and O–H groups in total. The van der Waals surface area contributed by atoms with E-state index in [9.17, 15) is 18.0 Å². The van der Waals surface area contributed by atoms with E-state index in [1.54, 1.807) is 0 Å². The molecule has 3 nitrogen and oxygen atoms in total. The Morgan fingerprint density at radius 3 is 2.85 bits per heavy atom. The summed E-state index contributed by atoms with van der Waals surface area (Å²) in [6.45, 7) is 0. The van der Waals surface area contributed by atoms with Crippen LogP contribution in [-0.4, -0.2) is 11.4 Å². The van der Waals surface area contributed by atoms with Gasteiger partial charge in [0.1, 0.15) is 0 Å². The molecule has 0 spiro atoms. The second-order valence-corrected chi connectivity index (χ2v) is 5.00. The van der Waals surface area contributed by atoms with Gasteiger partial charge in [0.25, 0.3) is 0 Å².